The van der Waals surface area contributed by atoms with Crippen LogP contribution in [-0.4, -0.2) is 46.9 Å². The highest BCUT2D eigenvalue weighted by molar-refractivity contribution is 9.10. The predicted octanol–water partition coefficient (Wildman–Crippen LogP) is 4.31. The SMILES string of the molecule is CCOC(=O)[C@@H]1[C@@H](C(C)(C)C)C(O)[C@H](c2ccccc2Br)N1C(=O)OC(C)C. The molecule has 1 amide bonds. The average Bonchev–Trinajstić information content (AvgIpc) is 2.88. The molecule has 0 radical (unpaired) electrons. The van der Waals surface area contributed by atoms with Crippen molar-refractivity contribution in [1.29, 1.82) is 0 Å². The summed E-state index contributed by atoms with van der Waals surface area (Å²) in [5, 5.41) is 11.3. The summed E-state index contributed by atoms with van der Waals surface area (Å²) in [6, 6.07) is 5.69. The Labute approximate surface area is 175 Å². The van der Waals surface area contributed by atoms with Crippen molar-refractivity contribution in [3.8, 4) is 0 Å². The number of nitrogens with zero attached hydrogens (tertiary/aromatic N) is 1. The second-order valence-electron chi connectivity index (χ2n) is 8.39. The van der Waals surface area contributed by atoms with E-state index < -0.39 is 41.6 Å². The third kappa shape index (κ3) is 4.51. The van der Waals surface area contributed by atoms with Crippen LogP contribution in [0.3, 0.4) is 0 Å². The van der Waals surface area contributed by atoms with Crippen molar-refractivity contribution in [2.75, 3.05) is 6.61 Å². The Morgan fingerprint density at radius 3 is 2.36 bits per heavy atom. The van der Waals surface area contributed by atoms with Gasteiger partial charge in [0.15, 0.2) is 0 Å². The molecule has 156 valence electrons. The molecule has 1 unspecified atom stereocenters. The number of hydrogen-bond donors (Lipinski definition) is 1. The van der Waals surface area contributed by atoms with Crippen LogP contribution in [0.4, 0.5) is 4.79 Å². The van der Waals surface area contributed by atoms with Gasteiger partial charge in [0.2, 0.25) is 0 Å². The first-order valence-electron chi connectivity index (χ1n) is 9.58. The number of likely N-dealkylation sites (tertiary alicyclic amines) is 1. The maximum atomic E-state index is 13.1. The lowest BCUT2D eigenvalue weighted by molar-refractivity contribution is -0.151. The number of carbonyl (C=O) groups is 2. The molecule has 28 heavy (non-hydrogen) atoms. The number of halogens is 1. The van der Waals surface area contributed by atoms with Gasteiger partial charge in [-0.15, -0.1) is 0 Å². The fraction of sp³-hybridized carbons (Fsp3) is 0.619. The van der Waals surface area contributed by atoms with Crippen LogP contribution >= 0.6 is 15.9 Å². The molecule has 1 aromatic carbocycles. The normalized spacial score (nSPS) is 25.1. The fourth-order valence-corrected chi connectivity index (χ4v) is 4.43. The van der Waals surface area contributed by atoms with Gasteiger partial charge in [-0.25, -0.2) is 9.59 Å². The highest BCUT2D eigenvalue weighted by atomic mass is 79.9. The van der Waals surface area contributed by atoms with Crippen molar-refractivity contribution in [1.82, 2.24) is 4.90 Å². The first-order valence-corrected chi connectivity index (χ1v) is 10.4. The van der Waals surface area contributed by atoms with Crippen LogP contribution in [0.1, 0.15) is 53.1 Å². The zero-order valence-electron chi connectivity index (χ0n) is 17.3. The Balaban J connectivity index is 2.65. The molecule has 1 saturated heterocycles. The number of ether oxygens (including phenoxy) is 2. The number of aliphatic hydroxyl groups is 1. The third-order valence-corrected chi connectivity index (χ3v) is 5.65. The quantitative estimate of drug-likeness (QED) is 0.684. The highest BCUT2D eigenvalue weighted by Crippen LogP contribution is 2.49. The number of rotatable bonds is 4. The van der Waals surface area contributed by atoms with Crippen LogP contribution in [-0.2, 0) is 14.3 Å². The van der Waals surface area contributed by atoms with Crippen molar-refractivity contribution in [2.24, 2.45) is 11.3 Å². The van der Waals surface area contributed by atoms with Gasteiger partial charge in [0, 0.05) is 10.4 Å². The molecule has 1 aromatic rings. The minimum Gasteiger partial charge on any atom is -0.464 e. The lowest BCUT2D eigenvalue weighted by Crippen LogP contribution is -2.48. The Morgan fingerprint density at radius 1 is 1.25 bits per heavy atom. The smallest absolute Gasteiger partial charge is 0.411 e. The van der Waals surface area contributed by atoms with Gasteiger partial charge in [-0.2, -0.15) is 0 Å². The second kappa shape index (κ2) is 8.82. The number of amides is 1. The fourth-order valence-electron chi connectivity index (χ4n) is 3.91. The molecule has 6 nitrogen and oxygen atoms in total. The lowest BCUT2D eigenvalue weighted by atomic mass is 9.74. The molecule has 0 aromatic heterocycles. The number of esters is 1. The number of carbonyl (C=O) groups excluding carboxylic acids is 2. The Bertz CT molecular complexity index is 715. The molecule has 1 fully saturated rings. The van der Waals surface area contributed by atoms with Gasteiger partial charge in [0.25, 0.3) is 0 Å². The average molecular weight is 456 g/mol. The van der Waals surface area contributed by atoms with Crippen LogP contribution in [0.25, 0.3) is 0 Å². The van der Waals surface area contributed by atoms with E-state index in [0.29, 0.717) is 0 Å². The lowest BCUT2D eigenvalue weighted by Gasteiger charge is -2.34. The van der Waals surface area contributed by atoms with Crippen LogP contribution < -0.4 is 0 Å². The van der Waals surface area contributed by atoms with Crippen LogP contribution in [0, 0.1) is 11.3 Å². The Kier molecular flexibility index (Phi) is 7.15. The molecule has 0 bridgehead atoms. The Morgan fingerprint density at radius 2 is 1.86 bits per heavy atom. The number of hydrogen-bond acceptors (Lipinski definition) is 5. The molecular formula is C21H30BrNO5. The summed E-state index contributed by atoms with van der Waals surface area (Å²) in [5.41, 5.74) is 0.264. The first kappa shape index (κ1) is 22.7. The summed E-state index contributed by atoms with van der Waals surface area (Å²) in [5.74, 6) is -1.06. The highest BCUT2D eigenvalue weighted by Gasteiger charge is 2.59. The van der Waals surface area contributed by atoms with Crippen molar-refractivity contribution in [3.63, 3.8) is 0 Å². The van der Waals surface area contributed by atoms with Crippen LogP contribution in [0.2, 0.25) is 0 Å². The van der Waals surface area contributed by atoms with Gasteiger partial charge in [-0.1, -0.05) is 54.9 Å². The summed E-state index contributed by atoms with van der Waals surface area (Å²) in [6.45, 7) is 11.2. The van der Waals surface area contributed by atoms with Crippen LogP contribution in [0.5, 0.6) is 0 Å². The molecule has 4 atom stereocenters. The van der Waals surface area contributed by atoms with Gasteiger partial charge in [0.1, 0.15) is 6.04 Å². The molecule has 0 spiro atoms. The van der Waals surface area contributed by atoms with E-state index in [0.717, 1.165) is 10.0 Å². The zero-order valence-corrected chi connectivity index (χ0v) is 18.9. The maximum Gasteiger partial charge on any atom is 0.411 e. The molecule has 2 rings (SSSR count). The van der Waals surface area contributed by atoms with Crippen molar-refractivity contribution in [2.45, 2.75) is 65.8 Å². The van der Waals surface area contributed by atoms with Crippen molar-refractivity contribution >= 4 is 28.0 Å². The van der Waals surface area contributed by atoms with Gasteiger partial charge >= 0.3 is 12.1 Å². The van der Waals surface area contributed by atoms with E-state index in [9.17, 15) is 14.7 Å². The number of benzene rings is 1. The monoisotopic (exact) mass is 455 g/mol. The van der Waals surface area contributed by atoms with E-state index in [-0.39, 0.29) is 12.7 Å². The summed E-state index contributed by atoms with van der Waals surface area (Å²) in [7, 11) is 0. The van der Waals surface area contributed by atoms with E-state index in [1.165, 1.54) is 4.90 Å². The topological polar surface area (TPSA) is 76.1 Å². The standard InChI is InChI=1S/C21H30BrNO5/c1-7-27-19(25)17-15(21(4,5)6)18(24)16(13-10-8-9-11-14(13)22)23(17)20(26)28-12(2)3/h8-12,15-18,24H,7H2,1-6H3/t15-,16+,17+,18?/m1/s1. The van der Waals surface area contributed by atoms with Gasteiger partial charge in [-0.05, 0) is 37.8 Å². The van der Waals surface area contributed by atoms with Crippen molar-refractivity contribution in [3.05, 3.63) is 34.3 Å². The van der Waals surface area contributed by atoms with Gasteiger partial charge in [-0.3, -0.25) is 4.90 Å². The summed E-state index contributed by atoms with van der Waals surface area (Å²) in [6.07, 6.45) is -1.96. The summed E-state index contributed by atoms with van der Waals surface area (Å²) < 4.78 is 11.5. The minimum atomic E-state index is -0.965. The minimum absolute atomic E-state index is 0.190. The molecule has 1 N–H and O–H groups in total. The third-order valence-electron chi connectivity index (χ3n) is 4.93. The first-order chi connectivity index (χ1) is 13.0. The van der Waals surface area contributed by atoms with Crippen molar-refractivity contribution < 1.29 is 24.2 Å². The van der Waals surface area contributed by atoms with Gasteiger partial charge < -0.3 is 14.6 Å². The zero-order chi connectivity index (χ0) is 21.2. The molecule has 1 heterocycles. The predicted molar refractivity (Wildman–Crippen MR) is 110 cm³/mol. The molecule has 0 saturated carbocycles. The molecule has 1 aliphatic rings. The van der Waals surface area contributed by atoms with E-state index >= 15 is 0 Å². The molecule has 1 aliphatic heterocycles. The largest absolute Gasteiger partial charge is 0.464 e. The van der Waals surface area contributed by atoms with E-state index in [1.807, 2.05) is 45.0 Å². The maximum absolute atomic E-state index is 13.1. The molecular weight excluding hydrogens is 426 g/mol. The Hall–Kier alpha value is -1.60. The molecule has 0 aliphatic carbocycles. The second-order valence-corrected chi connectivity index (χ2v) is 9.24. The van der Waals surface area contributed by atoms with E-state index in [2.05, 4.69) is 15.9 Å². The molecule has 7 heteroatoms. The summed E-state index contributed by atoms with van der Waals surface area (Å²) >= 11 is 3.51. The van der Waals surface area contributed by atoms with Gasteiger partial charge in [0.05, 0.1) is 24.9 Å². The number of aliphatic hydroxyl groups excluding tert-OH is 1. The van der Waals surface area contributed by atoms with Crippen LogP contribution in [0.15, 0.2) is 28.7 Å². The van der Waals surface area contributed by atoms with E-state index in [4.69, 9.17) is 9.47 Å². The van der Waals surface area contributed by atoms with E-state index in [1.54, 1.807) is 20.8 Å². The summed E-state index contributed by atoms with van der Waals surface area (Å²) in [4.78, 5) is 27.3.